The minimum Gasteiger partial charge on any atom is -0.483 e. The predicted octanol–water partition coefficient (Wildman–Crippen LogP) is 3.34. The van der Waals surface area contributed by atoms with Gasteiger partial charge < -0.3 is 14.8 Å². The average molecular weight is 459 g/mol. The summed E-state index contributed by atoms with van der Waals surface area (Å²) >= 11 is 11.8. The molecule has 1 amide bonds. The highest BCUT2D eigenvalue weighted by Gasteiger charge is 2.26. The molecule has 1 N–H and O–H groups in total. The molecule has 1 heterocycles. The highest BCUT2D eigenvalue weighted by molar-refractivity contribution is 7.89. The van der Waals surface area contributed by atoms with Crippen molar-refractivity contribution in [2.45, 2.75) is 11.8 Å². The number of halogens is 2. The zero-order valence-corrected chi connectivity index (χ0v) is 18.0. The maximum atomic E-state index is 12.7. The monoisotopic (exact) mass is 458 g/mol. The second-order valence-electron chi connectivity index (χ2n) is 6.41. The van der Waals surface area contributed by atoms with Crippen molar-refractivity contribution >= 4 is 44.8 Å². The van der Waals surface area contributed by atoms with Gasteiger partial charge in [-0.15, -0.1) is 0 Å². The molecule has 7 nitrogen and oxygen atoms in total. The standard InChI is InChI=1S/C19H20Cl2N2O5S/c1-13-10-15(29(25,26)23-6-8-27-9-7-23)3-5-18(13)28-12-19(24)22-14-2-4-16(20)17(21)11-14/h2-5,10-11H,6-9,12H2,1H3,(H,22,24). The number of sulfonamides is 1. The third-order valence-corrected chi connectivity index (χ3v) is 6.95. The second kappa shape index (κ2) is 9.32. The van der Waals surface area contributed by atoms with E-state index < -0.39 is 10.0 Å². The number of nitrogens with zero attached hydrogens (tertiary/aromatic N) is 1. The van der Waals surface area contributed by atoms with Crippen LogP contribution in [-0.2, 0) is 19.6 Å². The van der Waals surface area contributed by atoms with E-state index in [9.17, 15) is 13.2 Å². The fraction of sp³-hybridized carbons (Fsp3) is 0.316. The number of nitrogens with one attached hydrogen (secondary N) is 1. The molecule has 0 aliphatic carbocycles. The average Bonchev–Trinajstić information content (AvgIpc) is 2.70. The van der Waals surface area contributed by atoms with Crippen LogP contribution in [0.15, 0.2) is 41.3 Å². The Kier molecular flexibility index (Phi) is 7.02. The first kappa shape index (κ1) is 21.9. The van der Waals surface area contributed by atoms with Crippen LogP contribution < -0.4 is 10.1 Å². The van der Waals surface area contributed by atoms with Crippen LogP contribution in [0.4, 0.5) is 5.69 Å². The molecular weight excluding hydrogens is 439 g/mol. The number of amides is 1. The lowest BCUT2D eigenvalue weighted by atomic mass is 10.2. The molecule has 0 radical (unpaired) electrons. The quantitative estimate of drug-likeness (QED) is 0.717. The molecule has 156 valence electrons. The van der Waals surface area contributed by atoms with Gasteiger partial charge in [0.1, 0.15) is 5.75 Å². The van der Waals surface area contributed by atoms with Crippen molar-refractivity contribution in [1.82, 2.24) is 4.31 Å². The number of rotatable bonds is 6. The lowest BCUT2D eigenvalue weighted by Gasteiger charge is -2.26. The van der Waals surface area contributed by atoms with Crippen LogP contribution >= 0.6 is 23.2 Å². The summed E-state index contributed by atoms with van der Waals surface area (Å²) in [6.07, 6.45) is 0. The van der Waals surface area contributed by atoms with Crippen LogP contribution in [0.5, 0.6) is 5.75 Å². The van der Waals surface area contributed by atoms with Gasteiger partial charge in [0.25, 0.3) is 5.91 Å². The largest absolute Gasteiger partial charge is 0.483 e. The van der Waals surface area contributed by atoms with E-state index in [4.69, 9.17) is 32.7 Å². The summed E-state index contributed by atoms with van der Waals surface area (Å²) < 4.78 is 37.6. The molecule has 1 aliphatic heterocycles. The normalized spacial score (nSPS) is 15.1. The molecule has 0 unspecified atom stereocenters. The summed E-state index contributed by atoms with van der Waals surface area (Å²) in [6.45, 7) is 2.91. The minimum atomic E-state index is -3.59. The first-order valence-electron chi connectivity index (χ1n) is 8.83. The molecule has 0 bridgehead atoms. The Morgan fingerprint density at radius 2 is 1.86 bits per heavy atom. The second-order valence-corrected chi connectivity index (χ2v) is 9.16. The fourth-order valence-electron chi connectivity index (χ4n) is 2.79. The van der Waals surface area contributed by atoms with Crippen LogP contribution in [0, 0.1) is 6.92 Å². The maximum Gasteiger partial charge on any atom is 0.262 e. The van der Waals surface area contributed by atoms with Crippen molar-refractivity contribution < 1.29 is 22.7 Å². The summed E-state index contributed by atoms with van der Waals surface area (Å²) in [4.78, 5) is 12.3. The minimum absolute atomic E-state index is 0.185. The number of hydrogen-bond donors (Lipinski definition) is 1. The number of benzene rings is 2. The Hall–Kier alpha value is -1.84. The predicted molar refractivity (Wildman–Crippen MR) is 111 cm³/mol. The van der Waals surface area contributed by atoms with E-state index in [1.54, 1.807) is 31.2 Å². The summed E-state index contributed by atoms with van der Waals surface area (Å²) in [5.74, 6) is 0.0445. The highest BCUT2D eigenvalue weighted by Crippen LogP contribution is 2.26. The van der Waals surface area contributed by atoms with E-state index in [0.29, 0.717) is 53.3 Å². The van der Waals surface area contributed by atoms with Crippen molar-refractivity contribution in [3.63, 3.8) is 0 Å². The van der Waals surface area contributed by atoms with Crippen molar-refractivity contribution in [2.75, 3.05) is 38.2 Å². The van der Waals surface area contributed by atoms with Gasteiger partial charge in [0, 0.05) is 18.8 Å². The number of ether oxygens (including phenoxy) is 2. The van der Waals surface area contributed by atoms with Gasteiger partial charge in [0.2, 0.25) is 10.0 Å². The molecule has 1 saturated heterocycles. The molecule has 0 aromatic heterocycles. The smallest absolute Gasteiger partial charge is 0.262 e. The molecule has 29 heavy (non-hydrogen) atoms. The molecule has 3 rings (SSSR count). The van der Waals surface area contributed by atoms with Crippen molar-refractivity contribution in [1.29, 1.82) is 0 Å². The maximum absolute atomic E-state index is 12.7. The Morgan fingerprint density at radius 1 is 1.14 bits per heavy atom. The molecule has 0 atom stereocenters. The lowest BCUT2D eigenvalue weighted by Crippen LogP contribution is -2.40. The third kappa shape index (κ3) is 5.40. The van der Waals surface area contributed by atoms with Crippen LogP contribution in [0.2, 0.25) is 10.0 Å². The molecule has 1 aliphatic rings. The van der Waals surface area contributed by atoms with E-state index in [-0.39, 0.29) is 17.4 Å². The van der Waals surface area contributed by atoms with Gasteiger partial charge in [-0.3, -0.25) is 4.79 Å². The Morgan fingerprint density at radius 3 is 2.52 bits per heavy atom. The molecule has 0 saturated carbocycles. The van der Waals surface area contributed by atoms with Gasteiger partial charge >= 0.3 is 0 Å². The molecule has 2 aromatic rings. The molecular formula is C19H20Cl2N2O5S. The zero-order valence-electron chi connectivity index (χ0n) is 15.7. The third-order valence-electron chi connectivity index (χ3n) is 4.32. The van der Waals surface area contributed by atoms with Gasteiger partial charge in [0.05, 0.1) is 28.2 Å². The first-order valence-corrected chi connectivity index (χ1v) is 11.0. The van der Waals surface area contributed by atoms with E-state index in [1.807, 2.05) is 0 Å². The van der Waals surface area contributed by atoms with E-state index >= 15 is 0 Å². The summed E-state index contributed by atoms with van der Waals surface area (Å²) in [5, 5.41) is 3.38. The number of carbonyl (C=O) groups excluding carboxylic acids is 1. The zero-order chi connectivity index (χ0) is 21.0. The van der Waals surface area contributed by atoms with E-state index in [0.717, 1.165) is 0 Å². The number of aryl methyl sites for hydroxylation is 1. The van der Waals surface area contributed by atoms with E-state index in [1.165, 1.54) is 16.4 Å². The van der Waals surface area contributed by atoms with Crippen LogP contribution in [0.3, 0.4) is 0 Å². The molecule has 2 aromatic carbocycles. The Labute approximate surface area is 179 Å². The SMILES string of the molecule is Cc1cc(S(=O)(=O)N2CCOCC2)ccc1OCC(=O)Nc1ccc(Cl)c(Cl)c1. The van der Waals surface area contributed by atoms with Gasteiger partial charge in [-0.1, -0.05) is 23.2 Å². The number of hydrogen-bond acceptors (Lipinski definition) is 5. The van der Waals surface area contributed by atoms with Gasteiger partial charge in [-0.2, -0.15) is 4.31 Å². The van der Waals surface area contributed by atoms with Gasteiger partial charge in [-0.25, -0.2) is 8.42 Å². The fourth-order valence-corrected chi connectivity index (χ4v) is 4.59. The van der Waals surface area contributed by atoms with Gasteiger partial charge in [0.15, 0.2) is 6.61 Å². The summed E-state index contributed by atoms with van der Waals surface area (Å²) in [5.41, 5.74) is 1.11. The molecule has 10 heteroatoms. The van der Waals surface area contributed by atoms with Crippen molar-refractivity contribution in [3.05, 3.63) is 52.0 Å². The molecule has 0 spiro atoms. The van der Waals surface area contributed by atoms with Crippen molar-refractivity contribution in [2.24, 2.45) is 0 Å². The summed E-state index contributed by atoms with van der Waals surface area (Å²) in [6, 6.07) is 9.31. The van der Waals surface area contributed by atoms with Gasteiger partial charge in [-0.05, 0) is 48.9 Å². The van der Waals surface area contributed by atoms with E-state index in [2.05, 4.69) is 5.32 Å². The van der Waals surface area contributed by atoms with Crippen LogP contribution in [0.25, 0.3) is 0 Å². The highest BCUT2D eigenvalue weighted by atomic mass is 35.5. The number of carbonyl (C=O) groups is 1. The molecule has 1 fully saturated rings. The Bertz CT molecular complexity index is 1010. The van der Waals surface area contributed by atoms with Crippen molar-refractivity contribution in [3.8, 4) is 5.75 Å². The number of anilines is 1. The first-order chi connectivity index (χ1) is 13.8. The Balaban J connectivity index is 1.63. The lowest BCUT2D eigenvalue weighted by molar-refractivity contribution is -0.118. The van der Waals surface area contributed by atoms with Crippen LogP contribution in [-0.4, -0.2) is 51.5 Å². The summed E-state index contributed by atoms with van der Waals surface area (Å²) in [7, 11) is -3.59. The number of morpholine rings is 1. The topological polar surface area (TPSA) is 84.9 Å². The van der Waals surface area contributed by atoms with Crippen LogP contribution in [0.1, 0.15) is 5.56 Å².